The fourth-order valence-corrected chi connectivity index (χ4v) is 4.49. The van der Waals surface area contributed by atoms with Crippen LogP contribution < -0.4 is 0 Å². The van der Waals surface area contributed by atoms with Gasteiger partial charge in [-0.2, -0.15) is 0 Å². The van der Waals surface area contributed by atoms with Gasteiger partial charge >= 0.3 is 6.09 Å². The molecule has 4 rings (SSSR count). The van der Waals surface area contributed by atoms with Crippen LogP contribution in [0.1, 0.15) is 38.7 Å². The van der Waals surface area contributed by atoms with Gasteiger partial charge in [0.05, 0.1) is 15.9 Å². The molecule has 1 fully saturated rings. The number of likely N-dealkylation sites (tertiary alicyclic amines) is 1. The van der Waals surface area contributed by atoms with E-state index in [4.69, 9.17) is 14.7 Å². The summed E-state index contributed by atoms with van der Waals surface area (Å²) >= 11 is 1.69. The van der Waals surface area contributed by atoms with E-state index in [0.29, 0.717) is 11.8 Å². The van der Waals surface area contributed by atoms with Crippen LogP contribution >= 0.6 is 11.3 Å². The number of aromatic nitrogens is 2. The summed E-state index contributed by atoms with van der Waals surface area (Å²) < 4.78 is 6.66. The van der Waals surface area contributed by atoms with Crippen molar-refractivity contribution in [2.45, 2.75) is 39.7 Å². The highest BCUT2D eigenvalue weighted by Gasteiger charge is 2.40. The van der Waals surface area contributed by atoms with E-state index < -0.39 is 5.60 Å². The number of aryl methyl sites for hydroxylation is 1. The molecule has 3 heterocycles. The van der Waals surface area contributed by atoms with Crippen LogP contribution in [-0.2, 0) is 4.74 Å². The van der Waals surface area contributed by atoms with Crippen molar-refractivity contribution in [2.75, 3.05) is 13.1 Å². The van der Waals surface area contributed by atoms with Crippen LogP contribution in [0, 0.1) is 18.8 Å². The Kier molecular flexibility index (Phi) is 3.83. The largest absolute Gasteiger partial charge is 0.444 e. The third kappa shape index (κ3) is 3.15. The van der Waals surface area contributed by atoms with Crippen LogP contribution in [0.3, 0.4) is 0 Å². The quantitative estimate of drug-likeness (QED) is 0.765. The molecular formula is C19H23N3O2S. The highest BCUT2D eigenvalue weighted by atomic mass is 32.1. The Labute approximate surface area is 151 Å². The van der Waals surface area contributed by atoms with Gasteiger partial charge in [0, 0.05) is 19.0 Å². The third-order valence-electron chi connectivity index (χ3n) is 4.80. The Morgan fingerprint density at radius 2 is 2.12 bits per heavy atom. The number of amides is 1. The SMILES string of the molecule is Cc1nc(C2=CC3CN(C(=O)OC(C)(C)C)CC3C2)nc2ccsc12. The van der Waals surface area contributed by atoms with Gasteiger partial charge in [-0.05, 0) is 57.1 Å². The van der Waals surface area contributed by atoms with E-state index in [9.17, 15) is 4.79 Å². The number of thiophene rings is 1. The molecule has 0 spiro atoms. The summed E-state index contributed by atoms with van der Waals surface area (Å²) in [6.07, 6.45) is 2.99. The molecule has 1 aliphatic carbocycles. The van der Waals surface area contributed by atoms with E-state index >= 15 is 0 Å². The number of rotatable bonds is 1. The second-order valence-electron chi connectivity index (χ2n) is 7.97. The van der Waals surface area contributed by atoms with Crippen molar-refractivity contribution in [3.05, 3.63) is 29.0 Å². The molecule has 2 aromatic heterocycles. The highest BCUT2D eigenvalue weighted by molar-refractivity contribution is 7.17. The van der Waals surface area contributed by atoms with E-state index in [-0.39, 0.29) is 6.09 Å². The second-order valence-corrected chi connectivity index (χ2v) is 8.89. The fraction of sp³-hybridized carbons (Fsp3) is 0.526. The normalized spacial score (nSPS) is 23.0. The van der Waals surface area contributed by atoms with Gasteiger partial charge in [0.1, 0.15) is 5.60 Å². The maximum absolute atomic E-state index is 12.3. The second kappa shape index (κ2) is 5.80. The van der Waals surface area contributed by atoms with E-state index in [0.717, 1.165) is 36.5 Å². The Hall–Kier alpha value is -1.95. The maximum atomic E-state index is 12.3. The van der Waals surface area contributed by atoms with Crippen LogP contribution in [0.15, 0.2) is 17.5 Å². The molecule has 1 amide bonds. The van der Waals surface area contributed by atoms with Crippen molar-refractivity contribution >= 4 is 33.2 Å². The number of fused-ring (bicyclic) bond motifs is 2. The van der Waals surface area contributed by atoms with Gasteiger partial charge in [-0.3, -0.25) is 0 Å². The first-order valence-corrected chi connectivity index (χ1v) is 9.59. The summed E-state index contributed by atoms with van der Waals surface area (Å²) in [6, 6.07) is 2.05. The third-order valence-corrected chi connectivity index (χ3v) is 5.81. The molecule has 1 aliphatic heterocycles. The number of ether oxygens (including phenoxy) is 1. The molecule has 0 saturated carbocycles. The average molecular weight is 357 g/mol. The van der Waals surface area contributed by atoms with Gasteiger partial charge in [0.15, 0.2) is 5.82 Å². The van der Waals surface area contributed by atoms with Gasteiger partial charge in [0.2, 0.25) is 0 Å². The number of carbonyl (C=O) groups excluding carboxylic acids is 1. The monoisotopic (exact) mass is 357 g/mol. The molecule has 2 aliphatic rings. The van der Waals surface area contributed by atoms with E-state index in [2.05, 4.69) is 17.5 Å². The Bertz CT molecular complexity index is 865. The van der Waals surface area contributed by atoms with Crippen molar-refractivity contribution < 1.29 is 9.53 Å². The first-order valence-electron chi connectivity index (χ1n) is 8.71. The summed E-state index contributed by atoms with van der Waals surface area (Å²) in [7, 11) is 0. The summed E-state index contributed by atoms with van der Waals surface area (Å²) in [5.41, 5.74) is 2.84. The average Bonchev–Trinajstić information content (AvgIpc) is 3.18. The van der Waals surface area contributed by atoms with Gasteiger partial charge in [-0.1, -0.05) is 6.08 Å². The number of hydrogen-bond donors (Lipinski definition) is 0. The van der Waals surface area contributed by atoms with Crippen LogP contribution in [0.2, 0.25) is 0 Å². The lowest BCUT2D eigenvalue weighted by atomic mass is 10.00. The zero-order valence-electron chi connectivity index (χ0n) is 15.1. The molecule has 0 radical (unpaired) electrons. The predicted molar refractivity (Wildman–Crippen MR) is 99.5 cm³/mol. The Balaban J connectivity index is 1.51. The summed E-state index contributed by atoms with van der Waals surface area (Å²) in [6.45, 7) is 9.23. The van der Waals surface area contributed by atoms with Gasteiger partial charge in [0.25, 0.3) is 0 Å². The molecule has 2 atom stereocenters. The number of allylic oxidation sites excluding steroid dienone is 1. The number of nitrogens with zero attached hydrogens (tertiary/aromatic N) is 3. The Morgan fingerprint density at radius 3 is 2.84 bits per heavy atom. The Morgan fingerprint density at radius 1 is 1.32 bits per heavy atom. The minimum absolute atomic E-state index is 0.205. The maximum Gasteiger partial charge on any atom is 0.410 e. The zero-order valence-corrected chi connectivity index (χ0v) is 15.9. The first-order chi connectivity index (χ1) is 11.8. The summed E-state index contributed by atoms with van der Waals surface area (Å²) in [5, 5.41) is 2.06. The molecule has 2 unspecified atom stereocenters. The van der Waals surface area contributed by atoms with Crippen molar-refractivity contribution in [3.8, 4) is 0 Å². The molecule has 5 nitrogen and oxygen atoms in total. The highest BCUT2D eigenvalue weighted by Crippen LogP contribution is 2.41. The molecule has 1 saturated heterocycles. The van der Waals surface area contributed by atoms with E-state index in [1.54, 1.807) is 11.3 Å². The minimum atomic E-state index is -0.447. The molecule has 6 heteroatoms. The van der Waals surface area contributed by atoms with Crippen LogP contribution in [0.25, 0.3) is 15.8 Å². The smallest absolute Gasteiger partial charge is 0.410 e. The lowest BCUT2D eigenvalue weighted by Crippen LogP contribution is -2.35. The molecule has 0 bridgehead atoms. The van der Waals surface area contributed by atoms with E-state index in [1.807, 2.05) is 32.6 Å². The minimum Gasteiger partial charge on any atom is -0.444 e. The lowest BCUT2D eigenvalue weighted by molar-refractivity contribution is 0.0285. The summed E-state index contributed by atoms with van der Waals surface area (Å²) in [4.78, 5) is 23.5. The van der Waals surface area contributed by atoms with Crippen LogP contribution in [0.4, 0.5) is 4.79 Å². The molecule has 0 N–H and O–H groups in total. The van der Waals surface area contributed by atoms with Crippen molar-refractivity contribution in [2.24, 2.45) is 11.8 Å². The van der Waals surface area contributed by atoms with Crippen LogP contribution in [0.5, 0.6) is 0 Å². The lowest BCUT2D eigenvalue weighted by Gasteiger charge is -2.24. The number of hydrogen-bond acceptors (Lipinski definition) is 5. The van der Waals surface area contributed by atoms with E-state index in [1.165, 1.54) is 10.3 Å². The zero-order chi connectivity index (χ0) is 17.8. The standard InChI is InChI=1S/C19H23N3O2S/c1-11-16-15(5-6-25-16)21-17(20-11)12-7-13-9-22(10-14(13)8-12)18(23)24-19(2,3)4/h5-7,13-14H,8-10H2,1-4H3. The molecule has 25 heavy (non-hydrogen) atoms. The topological polar surface area (TPSA) is 55.3 Å². The number of carbonyl (C=O) groups is 1. The van der Waals surface area contributed by atoms with Crippen LogP contribution in [-0.4, -0.2) is 39.7 Å². The predicted octanol–water partition coefficient (Wildman–Crippen LogP) is 4.27. The molecular weight excluding hydrogens is 334 g/mol. The van der Waals surface area contributed by atoms with Gasteiger partial charge < -0.3 is 9.64 Å². The van der Waals surface area contributed by atoms with Crippen molar-refractivity contribution in [1.29, 1.82) is 0 Å². The molecule has 132 valence electrons. The van der Waals surface area contributed by atoms with Crippen molar-refractivity contribution in [1.82, 2.24) is 14.9 Å². The fourth-order valence-electron chi connectivity index (χ4n) is 3.71. The van der Waals surface area contributed by atoms with Crippen molar-refractivity contribution in [3.63, 3.8) is 0 Å². The summed E-state index contributed by atoms with van der Waals surface area (Å²) in [5.74, 6) is 1.68. The molecule has 0 aromatic carbocycles. The van der Waals surface area contributed by atoms with Gasteiger partial charge in [-0.15, -0.1) is 11.3 Å². The molecule has 2 aromatic rings. The first kappa shape index (κ1) is 16.5. The van der Waals surface area contributed by atoms with Gasteiger partial charge in [-0.25, -0.2) is 14.8 Å².